The topological polar surface area (TPSA) is 68.3 Å². The molecule has 4 nitrogen and oxygen atoms in total. The number of furan rings is 1. The van der Waals surface area contributed by atoms with Gasteiger partial charge in [-0.2, -0.15) is 0 Å². The van der Waals surface area contributed by atoms with Gasteiger partial charge in [0.1, 0.15) is 5.76 Å². The van der Waals surface area contributed by atoms with E-state index in [1.807, 2.05) is 19.1 Å². The standard InChI is InChI=1S/C15H17ClN2O2/c1-10(4-6-12-3-2-8-20-12)18-15(19)13-7-5-11(16)9-14(13)17/h2-3,5,7-10H,4,6,17H2,1H3,(H,18,19). The van der Waals surface area contributed by atoms with Gasteiger partial charge < -0.3 is 15.5 Å². The number of nitrogens with one attached hydrogen (secondary N) is 1. The number of hydrogen-bond acceptors (Lipinski definition) is 3. The number of halogens is 1. The van der Waals surface area contributed by atoms with E-state index in [1.165, 1.54) is 0 Å². The molecule has 106 valence electrons. The molecular weight excluding hydrogens is 276 g/mol. The fourth-order valence-electron chi connectivity index (χ4n) is 1.93. The van der Waals surface area contributed by atoms with Gasteiger partial charge in [0, 0.05) is 23.2 Å². The SMILES string of the molecule is CC(CCc1ccco1)NC(=O)c1ccc(Cl)cc1N. The van der Waals surface area contributed by atoms with Crippen LogP contribution >= 0.6 is 11.6 Å². The van der Waals surface area contributed by atoms with Crippen LogP contribution in [0.4, 0.5) is 5.69 Å². The van der Waals surface area contributed by atoms with Crippen LogP contribution in [0.15, 0.2) is 41.0 Å². The van der Waals surface area contributed by atoms with Gasteiger partial charge in [0.15, 0.2) is 0 Å². The second-order valence-corrected chi connectivity index (χ2v) is 5.16. The molecule has 1 heterocycles. The first-order chi connectivity index (χ1) is 9.56. The zero-order chi connectivity index (χ0) is 14.5. The highest BCUT2D eigenvalue weighted by Crippen LogP contribution is 2.18. The Morgan fingerprint density at radius 1 is 1.45 bits per heavy atom. The van der Waals surface area contributed by atoms with Gasteiger partial charge in [-0.05, 0) is 43.7 Å². The predicted octanol–water partition coefficient (Wildman–Crippen LogP) is 3.27. The Morgan fingerprint density at radius 2 is 2.25 bits per heavy atom. The fraction of sp³-hybridized carbons (Fsp3) is 0.267. The normalized spacial score (nSPS) is 12.1. The minimum absolute atomic E-state index is 0.0303. The third-order valence-corrected chi connectivity index (χ3v) is 3.27. The first-order valence-electron chi connectivity index (χ1n) is 6.44. The Labute approximate surface area is 122 Å². The summed E-state index contributed by atoms with van der Waals surface area (Å²) in [6, 6.07) is 8.66. The second-order valence-electron chi connectivity index (χ2n) is 4.72. The highest BCUT2D eigenvalue weighted by molar-refractivity contribution is 6.31. The van der Waals surface area contributed by atoms with Crippen LogP contribution in [-0.4, -0.2) is 11.9 Å². The molecular formula is C15H17ClN2O2. The summed E-state index contributed by atoms with van der Waals surface area (Å²) in [6.07, 6.45) is 3.23. The van der Waals surface area contributed by atoms with Crippen molar-refractivity contribution in [2.75, 3.05) is 5.73 Å². The summed E-state index contributed by atoms with van der Waals surface area (Å²) in [5, 5.41) is 3.43. The summed E-state index contributed by atoms with van der Waals surface area (Å²) in [4.78, 5) is 12.1. The van der Waals surface area contributed by atoms with Crippen LogP contribution in [0.2, 0.25) is 5.02 Å². The first-order valence-corrected chi connectivity index (χ1v) is 6.82. The Hall–Kier alpha value is -1.94. The Balaban J connectivity index is 1.90. The smallest absolute Gasteiger partial charge is 0.253 e. The van der Waals surface area contributed by atoms with Crippen LogP contribution in [0, 0.1) is 0 Å². The van der Waals surface area contributed by atoms with E-state index < -0.39 is 0 Å². The van der Waals surface area contributed by atoms with Crippen molar-refractivity contribution < 1.29 is 9.21 Å². The van der Waals surface area contributed by atoms with Gasteiger partial charge in [-0.15, -0.1) is 0 Å². The monoisotopic (exact) mass is 292 g/mol. The molecule has 1 atom stereocenters. The summed E-state index contributed by atoms with van der Waals surface area (Å²) < 4.78 is 5.26. The Morgan fingerprint density at radius 3 is 2.90 bits per heavy atom. The maximum Gasteiger partial charge on any atom is 0.253 e. The van der Waals surface area contributed by atoms with Crippen molar-refractivity contribution in [1.29, 1.82) is 0 Å². The van der Waals surface area contributed by atoms with E-state index in [4.69, 9.17) is 21.8 Å². The predicted molar refractivity (Wildman–Crippen MR) is 79.8 cm³/mol. The van der Waals surface area contributed by atoms with Crippen LogP contribution in [0.25, 0.3) is 0 Å². The van der Waals surface area contributed by atoms with Crippen LogP contribution < -0.4 is 11.1 Å². The van der Waals surface area contributed by atoms with Gasteiger partial charge in [-0.3, -0.25) is 4.79 Å². The number of benzene rings is 1. The van der Waals surface area contributed by atoms with E-state index in [9.17, 15) is 4.79 Å². The molecule has 3 N–H and O–H groups in total. The van der Waals surface area contributed by atoms with Gasteiger partial charge in [0.25, 0.3) is 5.91 Å². The summed E-state index contributed by atoms with van der Waals surface area (Å²) in [7, 11) is 0. The molecule has 5 heteroatoms. The van der Waals surface area contributed by atoms with Gasteiger partial charge >= 0.3 is 0 Å². The van der Waals surface area contributed by atoms with E-state index in [0.29, 0.717) is 16.3 Å². The van der Waals surface area contributed by atoms with Gasteiger partial charge in [-0.25, -0.2) is 0 Å². The third kappa shape index (κ3) is 3.78. The number of nitrogens with two attached hydrogens (primary N) is 1. The van der Waals surface area contributed by atoms with Crippen molar-refractivity contribution in [3.05, 3.63) is 52.9 Å². The average Bonchev–Trinajstić information content (AvgIpc) is 2.89. The van der Waals surface area contributed by atoms with Crippen molar-refractivity contribution in [1.82, 2.24) is 5.32 Å². The molecule has 0 spiro atoms. The third-order valence-electron chi connectivity index (χ3n) is 3.04. The van der Waals surface area contributed by atoms with Gasteiger partial charge in [0.05, 0.1) is 11.8 Å². The van der Waals surface area contributed by atoms with Crippen molar-refractivity contribution in [2.45, 2.75) is 25.8 Å². The van der Waals surface area contributed by atoms with Crippen molar-refractivity contribution in [2.24, 2.45) is 0 Å². The number of amides is 1. The quantitative estimate of drug-likeness (QED) is 0.831. The minimum atomic E-state index is -0.189. The molecule has 2 aromatic rings. The summed E-state index contributed by atoms with van der Waals surface area (Å²) in [5.41, 5.74) is 6.62. The molecule has 20 heavy (non-hydrogen) atoms. The highest BCUT2D eigenvalue weighted by Gasteiger charge is 2.13. The van der Waals surface area contributed by atoms with Crippen LogP contribution in [-0.2, 0) is 6.42 Å². The lowest BCUT2D eigenvalue weighted by molar-refractivity contribution is 0.0939. The molecule has 0 bridgehead atoms. The molecule has 0 saturated carbocycles. The van der Waals surface area contributed by atoms with E-state index in [-0.39, 0.29) is 11.9 Å². The molecule has 0 aliphatic rings. The van der Waals surface area contributed by atoms with E-state index >= 15 is 0 Å². The first kappa shape index (κ1) is 14.5. The average molecular weight is 293 g/mol. The molecule has 0 aliphatic carbocycles. The number of hydrogen-bond donors (Lipinski definition) is 2. The van der Waals surface area contributed by atoms with Crippen LogP contribution in [0.1, 0.15) is 29.5 Å². The molecule has 0 fully saturated rings. The molecule has 1 amide bonds. The van der Waals surface area contributed by atoms with E-state index in [0.717, 1.165) is 18.6 Å². The van der Waals surface area contributed by atoms with Gasteiger partial charge in [-0.1, -0.05) is 11.6 Å². The molecule has 1 aromatic carbocycles. The maximum atomic E-state index is 12.1. The maximum absolute atomic E-state index is 12.1. The lowest BCUT2D eigenvalue weighted by atomic mass is 10.1. The molecule has 2 rings (SSSR count). The molecule has 0 radical (unpaired) electrons. The van der Waals surface area contributed by atoms with Crippen LogP contribution in [0.3, 0.4) is 0 Å². The number of nitrogen functional groups attached to an aromatic ring is 1. The number of carbonyl (C=O) groups excluding carboxylic acids is 1. The number of anilines is 1. The van der Waals surface area contributed by atoms with Gasteiger partial charge in [0.2, 0.25) is 0 Å². The summed E-state index contributed by atoms with van der Waals surface area (Å²) >= 11 is 5.81. The Kier molecular flexibility index (Phi) is 4.69. The number of aryl methyl sites for hydroxylation is 1. The second kappa shape index (κ2) is 6.48. The largest absolute Gasteiger partial charge is 0.469 e. The van der Waals surface area contributed by atoms with E-state index in [1.54, 1.807) is 24.5 Å². The molecule has 0 aliphatic heterocycles. The van der Waals surface area contributed by atoms with Crippen LogP contribution in [0.5, 0.6) is 0 Å². The van der Waals surface area contributed by atoms with Crippen molar-refractivity contribution >= 4 is 23.2 Å². The fourth-order valence-corrected chi connectivity index (χ4v) is 2.11. The highest BCUT2D eigenvalue weighted by atomic mass is 35.5. The zero-order valence-electron chi connectivity index (χ0n) is 11.2. The minimum Gasteiger partial charge on any atom is -0.469 e. The zero-order valence-corrected chi connectivity index (χ0v) is 12.0. The molecule has 1 aromatic heterocycles. The van der Waals surface area contributed by atoms with Crippen molar-refractivity contribution in [3.8, 4) is 0 Å². The number of carbonyl (C=O) groups is 1. The summed E-state index contributed by atoms with van der Waals surface area (Å²) in [5.74, 6) is 0.725. The molecule has 1 unspecified atom stereocenters. The van der Waals surface area contributed by atoms with E-state index in [2.05, 4.69) is 5.32 Å². The summed E-state index contributed by atoms with van der Waals surface area (Å²) in [6.45, 7) is 1.95. The molecule has 0 saturated heterocycles. The van der Waals surface area contributed by atoms with Crippen molar-refractivity contribution in [3.63, 3.8) is 0 Å². The number of rotatable bonds is 5. The Bertz CT molecular complexity index is 582. The lowest BCUT2D eigenvalue weighted by Crippen LogP contribution is -2.33. The lowest BCUT2D eigenvalue weighted by Gasteiger charge is -2.14.